The molecule has 1 saturated carbocycles. The van der Waals surface area contributed by atoms with E-state index in [0.717, 1.165) is 56.3 Å². The van der Waals surface area contributed by atoms with E-state index in [2.05, 4.69) is 11.8 Å². The highest BCUT2D eigenvalue weighted by atomic mass is 19.2. The third-order valence-corrected chi connectivity index (χ3v) is 6.35. The number of nitrogens with zero attached hydrogens (tertiary/aromatic N) is 2. The summed E-state index contributed by atoms with van der Waals surface area (Å²) >= 11 is 0. The number of carbonyl (C=O) groups is 1. The molecule has 0 heterocycles. The second kappa shape index (κ2) is 14.4. The number of hydrogen-bond donors (Lipinski definition) is 2. The Labute approximate surface area is 194 Å². The maximum atomic E-state index is 14.0. The molecule has 0 atom stereocenters. The van der Waals surface area contributed by atoms with Gasteiger partial charge in [0.05, 0.1) is 19.3 Å². The highest BCUT2D eigenvalue weighted by molar-refractivity contribution is 5.65. The first-order chi connectivity index (χ1) is 15.8. The normalized spacial score (nSPS) is 18.6. The van der Waals surface area contributed by atoms with Crippen molar-refractivity contribution in [2.45, 2.75) is 77.0 Å². The lowest BCUT2D eigenvalue weighted by molar-refractivity contribution is 0.00585. The summed E-state index contributed by atoms with van der Waals surface area (Å²) in [5.74, 6) is -3.44. The number of unbranched alkanes of at least 4 members (excludes halogenated alkanes) is 3. The highest BCUT2D eigenvalue weighted by Crippen LogP contribution is 2.27. The Bertz CT molecular complexity index is 730. The van der Waals surface area contributed by atoms with Gasteiger partial charge in [-0.3, -0.25) is 0 Å². The number of aliphatic hydroxyl groups excluding tert-OH is 1. The smallest absolute Gasteiger partial charge is 0.407 e. The Balaban J connectivity index is 1.68. The van der Waals surface area contributed by atoms with Crippen molar-refractivity contribution in [1.29, 1.82) is 0 Å². The molecule has 0 bridgehead atoms. The van der Waals surface area contributed by atoms with Crippen LogP contribution in [-0.2, 0) is 11.3 Å². The molecule has 6 nitrogen and oxygen atoms in total. The van der Waals surface area contributed by atoms with Crippen molar-refractivity contribution in [3.63, 3.8) is 0 Å². The van der Waals surface area contributed by atoms with E-state index in [1.54, 1.807) is 0 Å². The third-order valence-electron chi connectivity index (χ3n) is 6.35. The van der Waals surface area contributed by atoms with Gasteiger partial charge in [-0.2, -0.15) is 0 Å². The van der Waals surface area contributed by atoms with E-state index in [9.17, 15) is 23.1 Å². The molecule has 0 unspecified atom stereocenters. The minimum Gasteiger partial charge on any atom is -0.465 e. The quantitative estimate of drug-likeness (QED) is 0.300. The number of halogens is 3. The van der Waals surface area contributed by atoms with Crippen molar-refractivity contribution in [2.75, 3.05) is 32.8 Å². The van der Waals surface area contributed by atoms with Gasteiger partial charge in [-0.15, -0.1) is 0 Å². The van der Waals surface area contributed by atoms with Gasteiger partial charge in [0, 0.05) is 30.8 Å². The highest BCUT2D eigenvalue weighted by Gasteiger charge is 2.30. The summed E-state index contributed by atoms with van der Waals surface area (Å²) < 4.78 is 46.5. The number of amides is 1. The maximum Gasteiger partial charge on any atom is 0.407 e. The van der Waals surface area contributed by atoms with Crippen LogP contribution in [0, 0.1) is 17.5 Å². The van der Waals surface area contributed by atoms with Crippen LogP contribution in [0.15, 0.2) is 12.1 Å². The van der Waals surface area contributed by atoms with Crippen molar-refractivity contribution in [3.8, 4) is 0 Å². The molecule has 1 aliphatic rings. The van der Waals surface area contributed by atoms with Crippen LogP contribution in [0.5, 0.6) is 0 Å². The third kappa shape index (κ3) is 9.14. The summed E-state index contributed by atoms with van der Waals surface area (Å²) in [6.07, 6.45) is 5.74. The minimum absolute atomic E-state index is 0.0806. The second-order valence-electron chi connectivity index (χ2n) is 8.64. The summed E-state index contributed by atoms with van der Waals surface area (Å²) in [4.78, 5) is 15.1. The van der Waals surface area contributed by atoms with E-state index >= 15 is 0 Å². The molecular formula is C24H37F3N2O4. The number of rotatable bonds is 14. The van der Waals surface area contributed by atoms with Crippen LogP contribution in [0.25, 0.3) is 0 Å². The van der Waals surface area contributed by atoms with Gasteiger partial charge in [0.25, 0.3) is 0 Å². The number of benzene rings is 1. The van der Waals surface area contributed by atoms with Crippen molar-refractivity contribution in [3.05, 3.63) is 35.1 Å². The average Bonchev–Trinajstić information content (AvgIpc) is 2.79. The molecule has 0 radical (unpaired) electrons. The van der Waals surface area contributed by atoms with Crippen LogP contribution in [0.3, 0.4) is 0 Å². The molecule has 1 amide bonds. The average molecular weight is 475 g/mol. The fraction of sp³-hybridized carbons (Fsp3) is 0.708. The molecular weight excluding hydrogens is 437 g/mol. The van der Waals surface area contributed by atoms with E-state index < -0.39 is 23.5 Å². The first-order valence-electron chi connectivity index (χ1n) is 11.9. The summed E-state index contributed by atoms with van der Waals surface area (Å²) in [6, 6.07) is 0.863. The van der Waals surface area contributed by atoms with Crippen LogP contribution in [0.1, 0.15) is 63.9 Å². The first kappa shape index (κ1) is 27.4. The Morgan fingerprint density at radius 1 is 1.00 bits per heavy atom. The first-order valence-corrected chi connectivity index (χ1v) is 11.9. The molecule has 2 N–H and O–H groups in total. The van der Waals surface area contributed by atoms with Gasteiger partial charge in [0.2, 0.25) is 0 Å². The van der Waals surface area contributed by atoms with Gasteiger partial charge >= 0.3 is 6.09 Å². The van der Waals surface area contributed by atoms with Crippen LogP contribution in [0.4, 0.5) is 18.0 Å². The fourth-order valence-corrected chi connectivity index (χ4v) is 4.36. The Hall–Kier alpha value is -1.84. The zero-order valence-corrected chi connectivity index (χ0v) is 19.4. The lowest BCUT2D eigenvalue weighted by Crippen LogP contribution is -2.42. The minimum atomic E-state index is -1.29. The lowest BCUT2D eigenvalue weighted by Gasteiger charge is -2.35. The van der Waals surface area contributed by atoms with Crippen LogP contribution in [-0.4, -0.2) is 71.1 Å². The Kier molecular flexibility index (Phi) is 12.0. The topological polar surface area (TPSA) is 73.2 Å². The van der Waals surface area contributed by atoms with Crippen LogP contribution >= 0.6 is 0 Å². The number of aliphatic hydroxyl groups is 1. The van der Waals surface area contributed by atoms with Gasteiger partial charge in [-0.1, -0.05) is 19.8 Å². The van der Waals surface area contributed by atoms with Crippen LogP contribution in [0.2, 0.25) is 0 Å². The predicted molar refractivity (Wildman–Crippen MR) is 120 cm³/mol. The molecule has 2 rings (SSSR count). The molecule has 33 heavy (non-hydrogen) atoms. The molecule has 188 valence electrons. The lowest BCUT2D eigenvalue weighted by atomic mass is 9.91. The standard InChI is InChI=1S/C24H37F3N2O4/c1-2-28(12-13-30)11-5-3-4-6-14-33-20-9-7-19(8-10-20)29(24(31)32)17-18-15-22(26)23(27)16-21(18)25/h15-16,19-20,30H,2-14,17H2,1H3,(H,31,32). The molecule has 0 saturated heterocycles. The molecule has 1 aromatic rings. The van der Waals surface area contributed by atoms with Gasteiger partial charge in [-0.05, 0) is 57.7 Å². The van der Waals surface area contributed by atoms with Gasteiger partial charge in [0.1, 0.15) is 5.82 Å². The maximum absolute atomic E-state index is 14.0. The SMILES string of the molecule is CCN(CCO)CCCCCCOC1CCC(N(Cc2cc(F)c(F)cc2F)C(=O)O)CC1. The fourth-order valence-electron chi connectivity index (χ4n) is 4.36. The molecule has 9 heteroatoms. The predicted octanol–water partition coefficient (Wildman–Crippen LogP) is 4.79. The van der Waals surface area contributed by atoms with E-state index in [-0.39, 0.29) is 30.9 Å². The van der Waals surface area contributed by atoms with Gasteiger partial charge in [0.15, 0.2) is 11.6 Å². The Morgan fingerprint density at radius 3 is 2.30 bits per heavy atom. The van der Waals surface area contributed by atoms with Crippen molar-refractivity contribution in [2.24, 2.45) is 0 Å². The van der Waals surface area contributed by atoms with E-state index in [4.69, 9.17) is 9.84 Å². The number of carboxylic acid groups (broad SMARTS) is 1. The largest absolute Gasteiger partial charge is 0.465 e. The zero-order valence-electron chi connectivity index (χ0n) is 19.4. The summed E-state index contributed by atoms with van der Waals surface area (Å²) in [6.45, 7) is 5.30. The van der Waals surface area contributed by atoms with Crippen molar-refractivity contribution < 1.29 is 32.9 Å². The number of ether oxygens (including phenoxy) is 1. The molecule has 1 aliphatic carbocycles. The van der Waals surface area contributed by atoms with Gasteiger partial charge in [-0.25, -0.2) is 18.0 Å². The molecule has 1 aromatic carbocycles. The van der Waals surface area contributed by atoms with Crippen LogP contribution < -0.4 is 0 Å². The second-order valence-corrected chi connectivity index (χ2v) is 8.64. The Morgan fingerprint density at radius 2 is 1.67 bits per heavy atom. The van der Waals surface area contributed by atoms with E-state index in [0.29, 0.717) is 38.4 Å². The van der Waals surface area contributed by atoms with E-state index in [1.807, 2.05) is 0 Å². The van der Waals surface area contributed by atoms with Crippen molar-refractivity contribution >= 4 is 6.09 Å². The molecule has 0 spiro atoms. The summed E-state index contributed by atoms with van der Waals surface area (Å²) in [5.41, 5.74) is -0.173. The van der Waals surface area contributed by atoms with E-state index in [1.165, 1.54) is 0 Å². The zero-order chi connectivity index (χ0) is 24.2. The monoisotopic (exact) mass is 474 g/mol. The summed E-state index contributed by atoms with van der Waals surface area (Å²) in [5, 5.41) is 18.6. The summed E-state index contributed by atoms with van der Waals surface area (Å²) in [7, 11) is 0. The van der Waals surface area contributed by atoms with Gasteiger partial charge < -0.3 is 24.7 Å². The molecule has 0 aromatic heterocycles. The number of likely N-dealkylation sites (N-methyl/N-ethyl adjacent to an activating group) is 1. The molecule has 0 aliphatic heterocycles. The van der Waals surface area contributed by atoms with Crippen molar-refractivity contribution in [1.82, 2.24) is 9.80 Å². The number of hydrogen-bond acceptors (Lipinski definition) is 4. The molecule has 1 fully saturated rings.